The minimum absolute atomic E-state index is 0.0824. The van der Waals surface area contributed by atoms with Crippen LogP contribution in [0.5, 0.6) is 0 Å². The average molecular weight is 525 g/mol. The highest BCUT2D eigenvalue weighted by atomic mass is 35.5. The van der Waals surface area contributed by atoms with Crippen LogP contribution in [-0.4, -0.2) is 36.7 Å². The molecule has 5 rings (SSSR count). The maximum Gasteiger partial charge on any atom is 0.270 e. The lowest BCUT2D eigenvalue weighted by Crippen LogP contribution is -2.36. The number of nitrogens with zero attached hydrogens (tertiary/aromatic N) is 5. The summed E-state index contributed by atoms with van der Waals surface area (Å²) in [6.45, 7) is 2.03. The number of amides is 1. The molecule has 4 aromatic rings. The Hall–Kier alpha value is -2.75. The zero-order valence-electron chi connectivity index (χ0n) is 19.3. The largest absolute Gasteiger partial charge is 0.348 e. The van der Waals surface area contributed by atoms with Gasteiger partial charge in [0.2, 0.25) is 0 Å². The van der Waals surface area contributed by atoms with Crippen molar-refractivity contribution in [2.24, 2.45) is 0 Å². The van der Waals surface area contributed by atoms with E-state index in [-0.39, 0.29) is 11.9 Å². The molecule has 7 nitrogen and oxygen atoms in total. The topological polar surface area (TPSA) is 85.6 Å². The van der Waals surface area contributed by atoms with Crippen molar-refractivity contribution in [1.82, 2.24) is 30.0 Å². The standard InChI is InChI=1S/C25H25ClN6OS2/c1-16-9-10-18(26)12-21(16)32-23(17-6-5-11-27-13-17)30-31-25(32)35-15-22-29-20(14-34-22)24(33)28-19-7-3-2-4-8-19/h5-6,9-14,19H,2-4,7-8,15H2,1H3,(H,28,33). The summed E-state index contributed by atoms with van der Waals surface area (Å²) < 4.78 is 2.01. The monoisotopic (exact) mass is 524 g/mol. The normalized spacial score (nSPS) is 14.2. The van der Waals surface area contributed by atoms with Crippen molar-refractivity contribution >= 4 is 40.6 Å². The third kappa shape index (κ3) is 5.58. The fourth-order valence-corrected chi connectivity index (χ4v) is 6.10. The first-order valence-corrected chi connectivity index (χ1v) is 13.8. The highest BCUT2D eigenvalue weighted by Crippen LogP contribution is 2.32. The predicted molar refractivity (Wildman–Crippen MR) is 140 cm³/mol. The van der Waals surface area contributed by atoms with Gasteiger partial charge in [-0.1, -0.05) is 48.7 Å². The average Bonchev–Trinajstić information content (AvgIpc) is 3.53. The Morgan fingerprint density at radius 3 is 2.89 bits per heavy atom. The summed E-state index contributed by atoms with van der Waals surface area (Å²) in [5.74, 6) is 1.19. The van der Waals surface area contributed by atoms with Gasteiger partial charge in [-0.3, -0.25) is 14.3 Å². The van der Waals surface area contributed by atoms with Gasteiger partial charge in [0.05, 0.1) is 11.4 Å². The van der Waals surface area contributed by atoms with Crippen LogP contribution in [0.25, 0.3) is 17.1 Å². The van der Waals surface area contributed by atoms with Gasteiger partial charge in [0.15, 0.2) is 11.0 Å². The van der Waals surface area contributed by atoms with Gasteiger partial charge < -0.3 is 5.32 Å². The van der Waals surface area contributed by atoms with Gasteiger partial charge in [0, 0.05) is 34.4 Å². The second-order valence-electron chi connectivity index (χ2n) is 8.54. The van der Waals surface area contributed by atoms with Crippen LogP contribution < -0.4 is 5.32 Å². The van der Waals surface area contributed by atoms with Crippen LogP contribution in [-0.2, 0) is 5.75 Å². The summed E-state index contributed by atoms with van der Waals surface area (Å²) in [5.41, 5.74) is 3.31. The highest BCUT2D eigenvalue weighted by molar-refractivity contribution is 7.98. The number of benzene rings is 1. The molecular weight excluding hydrogens is 500 g/mol. The number of thioether (sulfide) groups is 1. The van der Waals surface area contributed by atoms with E-state index in [1.54, 1.807) is 12.4 Å². The summed E-state index contributed by atoms with van der Waals surface area (Å²) in [4.78, 5) is 21.5. The summed E-state index contributed by atoms with van der Waals surface area (Å²) in [6.07, 6.45) is 9.22. The Labute approximate surface area is 217 Å². The molecular formula is C25H25ClN6OS2. The quantitative estimate of drug-likeness (QED) is 0.294. The Balaban J connectivity index is 1.37. The SMILES string of the molecule is Cc1ccc(Cl)cc1-n1c(SCc2nc(C(=O)NC3CCCCC3)cs2)nnc1-c1cccnc1. The molecule has 0 unspecified atom stereocenters. The number of pyridine rings is 1. The van der Waals surface area contributed by atoms with Crippen molar-refractivity contribution in [1.29, 1.82) is 0 Å². The zero-order valence-corrected chi connectivity index (χ0v) is 21.7. The summed E-state index contributed by atoms with van der Waals surface area (Å²) in [7, 11) is 0. The molecule has 35 heavy (non-hydrogen) atoms. The first-order chi connectivity index (χ1) is 17.1. The molecule has 3 aromatic heterocycles. The molecule has 0 saturated heterocycles. The maximum atomic E-state index is 12.7. The molecule has 0 bridgehead atoms. The minimum Gasteiger partial charge on any atom is -0.348 e. The zero-order chi connectivity index (χ0) is 24.2. The number of hydrogen-bond acceptors (Lipinski definition) is 7. The molecule has 3 heterocycles. The van der Waals surface area contributed by atoms with E-state index >= 15 is 0 Å². The number of carbonyl (C=O) groups is 1. The number of hydrogen-bond donors (Lipinski definition) is 1. The molecule has 1 fully saturated rings. The van der Waals surface area contributed by atoms with Crippen LogP contribution in [0.1, 0.15) is 53.2 Å². The second-order valence-corrected chi connectivity index (χ2v) is 10.9. The van der Waals surface area contributed by atoms with E-state index in [4.69, 9.17) is 11.6 Å². The first kappa shape index (κ1) is 24.0. The van der Waals surface area contributed by atoms with E-state index in [0.29, 0.717) is 22.3 Å². The number of thiazole rings is 1. The lowest BCUT2D eigenvalue weighted by atomic mass is 9.95. The Morgan fingerprint density at radius 1 is 1.23 bits per heavy atom. The molecule has 0 spiro atoms. The summed E-state index contributed by atoms with van der Waals surface area (Å²) in [5, 5.41) is 16.1. The molecule has 1 aromatic carbocycles. The van der Waals surface area contributed by atoms with Crippen LogP contribution in [0.3, 0.4) is 0 Å². The minimum atomic E-state index is -0.0824. The van der Waals surface area contributed by atoms with Gasteiger partial charge in [0.25, 0.3) is 5.91 Å². The molecule has 1 amide bonds. The molecule has 10 heteroatoms. The van der Waals surface area contributed by atoms with E-state index in [9.17, 15) is 4.79 Å². The Bertz CT molecular complexity index is 1320. The molecule has 0 radical (unpaired) electrons. The number of aromatic nitrogens is 5. The molecule has 1 N–H and O–H groups in total. The highest BCUT2D eigenvalue weighted by Gasteiger charge is 2.21. The molecule has 1 saturated carbocycles. The number of nitrogens with one attached hydrogen (secondary N) is 1. The molecule has 1 aliphatic rings. The first-order valence-electron chi connectivity index (χ1n) is 11.6. The maximum absolute atomic E-state index is 12.7. The summed E-state index contributed by atoms with van der Waals surface area (Å²) >= 11 is 9.36. The smallest absolute Gasteiger partial charge is 0.270 e. The number of halogens is 1. The van der Waals surface area contributed by atoms with Crippen molar-refractivity contribution in [2.75, 3.05) is 0 Å². The Morgan fingerprint density at radius 2 is 2.09 bits per heavy atom. The van der Waals surface area contributed by atoms with Gasteiger partial charge in [-0.15, -0.1) is 21.5 Å². The van der Waals surface area contributed by atoms with Crippen LogP contribution >= 0.6 is 34.7 Å². The molecule has 180 valence electrons. The Kier molecular flexibility index (Phi) is 7.46. The fraction of sp³-hybridized carbons (Fsp3) is 0.320. The van der Waals surface area contributed by atoms with Gasteiger partial charge in [-0.2, -0.15) is 0 Å². The second kappa shape index (κ2) is 10.9. The van der Waals surface area contributed by atoms with Crippen molar-refractivity contribution in [2.45, 2.75) is 56.0 Å². The van der Waals surface area contributed by atoms with Gasteiger partial charge in [-0.05, 0) is 49.6 Å². The van der Waals surface area contributed by atoms with E-state index in [0.717, 1.165) is 39.8 Å². The van der Waals surface area contributed by atoms with Crippen molar-refractivity contribution < 1.29 is 4.79 Å². The molecule has 1 aliphatic carbocycles. The predicted octanol–water partition coefficient (Wildman–Crippen LogP) is 6.10. The van der Waals surface area contributed by atoms with E-state index in [2.05, 4.69) is 25.5 Å². The molecule has 0 aliphatic heterocycles. The number of aryl methyl sites for hydroxylation is 1. The van der Waals surface area contributed by atoms with Crippen LogP contribution in [0.15, 0.2) is 53.3 Å². The third-order valence-electron chi connectivity index (χ3n) is 6.01. The van der Waals surface area contributed by atoms with E-state index in [1.807, 2.05) is 47.2 Å². The van der Waals surface area contributed by atoms with Crippen LogP contribution in [0, 0.1) is 6.92 Å². The molecule has 0 atom stereocenters. The van der Waals surface area contributed by atoms with Gasteiger partial charge in [0.1, 0.15) is 10.7 Å². The van der Waals surface area contributed by atoms with Crippen molar-refractivity contribution in [3.8, 4) is 17.1 Å². The lowest BCUT2D eigenvalue weighted by Gasteiger charge is -2.22. The van der Waals surface area contributed by atoms with Gasteiger partial charge in [-0.25, -0.2) is 4.98 Å². The van der Waals surface area contributed by atoms with Crippen LogP contribution in [0.4, 0.5) is 0 Å². The number of rotatable bonds is 7. The summed E-state index contributed by atoms with van der Waals surface area (Å²) in [6, 6.07) is 9.87. The number of carbonyl (C=O) groups excluding carboxylic acids is 1. The van der Waals surface area contributed by atoms with Crippen LogP contribution in [0.2, 0.25) is 5.02 Å². The fourth-order valence-electron chi connectivity index (χ4n) is 4.20. The van der Waals surface area contributed by atoms with Crippen molar-refractivity contribution in [3.05, 3.63) is 69.4 Å². The van der Waals surface area contributed by atoms with E-state index in [1.165, 1.54) is 42.4 Å². The van der Waals surface area contributed by atoms with E-state index < -0.39 is 0 Å². The third-order valence-corrected chi connectivity index (χ3v) is 8.22. The van der Waals surface area contributed by atoms with Crippen molar-refractivity contribution in [3.63, 3.8) is 0 Å². The lowest BCUT2D eigenvalue weighted by molar-refractivity contribution is 0.0923. The van der Waals surface area contributed by atoms with Gasteiger partial charge >= 0.3 is 0 Å².